The van der Waals surface area contributed by atoms with Gasteiger partial charge in [0.05, 0.1) is 0 Å². The van der Waals surface area contributed by atoms with E-state index in [1.807, 2.05) is 12.1 Å². The monoisotopic (exact) mass is 757 g/mol. The first kappa shape index (κ1) is 53.4. The maximum atomic E-state index is 5.89. The van der Waals surface area contributed by atoms with Crippen molar-refractivity contribution in [2.75, 3.05) is 13.2 Å². The van der Waals surface area contributed by atoms with Crippen LogP contribution in [0.5, 0.6) is 0 Å². The van der Waals surface area contributed by atoms with E-state index in [0.717, 1.165) is 13.2 Å². The molecule has 308 valence electrons. The van der Waals surface area contributed by atoms with Crippen molar-refractivity contribution in [3.8, 4) is 11.1 Å². The van der Waals surface area contributed by atoms with Gasteiger partial charge in [-0.1, -0.05) is 293 Å². The number of ether oxygens (including phenoxy) is 1. The van der Waals surface area contributed by atoms with E-state index in [4.69, 9.17) is 4.74 Å². The molecule has 2 heteroatoms. The fourth-order valence-corrected chi connectivity index (χ4v) is 7.57. The van der Waals surface area contributed by atoms with Gasteiger partial charge in [-0.2, -0.15) is 0 Å². The van der Waals surface area contributed by atoms with Crippen LogP contribution in [0.15, 0.2) is 60.7 Å². The molecule has 0 aromatic heterocycles. The minimum Gasteiger partial charge on any atom is -1.00 e. The van der Waals surface area contributed by atoms with E-state index in [1.54, 1.807) is 0 Å². The van der Waals surface area contributed by atoms with Gasteiger partial charge in [0.2, 0.25) is 0 Å². The van der Waals surface area contributed by atoms with Crippen LogP contribution in [-0.2, 0) is 4.74 Å². The predicted molar refractivity (Wildman–Crippen MR) is 241 cm³/mol. The molecule has 0 unspecified atom stereocenters. The Morgan fingerprint density at radius 3 is 0.667 bits per heavy atom. The fraction of sp³-hybridized carbons (Fsp3) is 0.769. The first-order chi connectivity index (χ1) is 26.4. The number of unbranched alkanes of at least 4 members (excludes halogenated alkanes) is 34. The van der Waals surface area contributed by atoms with Crippen LogP contribution in [0.2, 0.25) is 0 Å². The molecule has 0 bridgehead atoms. The van der Waals surface area contributed by atoms with Crippen LogP contribution in [0.25, 0.3) is 11.1 Å². The molecule has 0 radical (unpaired) electrons. The van der Waals surface area contributed by atoms with Crippen molar-refractivity contribution in [1.82, 2.24) is 0 Å². The van der Waals surface area contributed by atoms with Crippen LogP contribution in [0.4, 0.5) is 0 Å². The summed E-state index contributed by atoms with van der Waals surface area (Å²) in [6.45, 7) is 6.61. The molecule has 0 saturated heterocycles. The van der Waals surface area contributed by atoms with Gasteiger partial charge >= 0.3 is 29.6 Å². The molecule has 0 atom stereocenters. The molecule has 1 nitrogen and oxygen atoms in total. The predicted octanol–water partition coefficient (Wildman–Crippen LogP) is 15.6. The Hall–Kier alpha value is -0.600. The molecular weight excluding hydrogens is 664 g/mol. The Morgan fingerprint density at radius 1 is 0.278 bits per heavy atom. The summed E-state index contributed by atoms with van der Waals surface area (Å²) in [6.07, 6.45) is 52.0. The molecule has 0 N–H and O–H groups in total. The van der Waals surface area contributed by atoms with E-state index in [-0.39, 0.29) is 31.0 Å². The number of rotatable bonds is 39. The van der Waals surface area contributed by atoms with Crippen molar-refractivity contribution < 1.29 is 35.7 Å². The molecule has 0 saturated carbocycles. The van der Waals surface area contributed by atoms with E-state index < -0.39 is 0 Å². The minimum absolute atomic E-state index is 0. The van der Waals surface area contributed by atoms with Crippen molar-refractivity contribution in [2.24, 2.45) is 0 Å². The second kappa shape index (κ2) is 46.8. The Morgan fingerprint density at radius 2 is 0.463 bits per heavy atom. The van der Waals surface area contributed by atoms with Gasteiger partial charge in [0.15, 0.2) is 0 Å². The quantitative estimate of drug-likeness (QED) is 0.0488. The van der Waals surface area contributed by atoms with Crippen LogP contribution >= 0.6 is 0 Å². The summed E-state index contributed by atoms with van der Waals surface area (Å²) in [4.78, 5) is 0. The molecule has 54 heavy (non-hydrogen) atoms. The van der Waals surface area contributed by atoms with Crippen molar-refractivity contribution in [3.05, 3.63) is 60.7 Å². The van der Waals surface area contributed by atoms with Gasteiger partial charge in [0.25, 0.3) is 0 Å². The molecule has 0 spiro atoms. The normalized spacial score (nSPS) is 10.9. The van der Waals surface area contributed by atoms with Gasteiger partial charge in [0, 0.05) is 13.2 Å². The van der Waals surface area contributed by atoms with E-state index in [1.165, 1.54) is 242 Å². The number of hydrogen-bond acceptors (Lipinski definition) is 1. The van der Waals surface area contributed by atoms with Crippen LogP contribution in [-0.4, -0.2) is 13.2 Å². The third kappa shape index (κ3) is 39.6. The zero-order valence-corrected chi connectivity index (χ0v) is 39.1. The molecule has 2 aromatic carbocycles. The summed E-state index contributed by atoms with van der Waals surface area (Å²) >= 11 is 0. The summed E-state index contributed by atoms with van der Waals surface area (Å²) in [7, 11) is 0. The molecule has 0 aliphatic heterocycles. The summed E-state index contributed by atoms with van der Waals surface area (Å²) in [5.41, 5.74) is 2.55. The maximum absolute atomic E-state index is 5.89. The Bertz CT molecular complexity index is 846. The van der Waals surface area contributed by atoms with E-state index in [9.17, 15) is 0 Å². The molecular formula is C52H93NaO. The zero-order chi connectivity index (χ0) is 37.8. The average Bonchev–Trinajstić information content (AvgIpc) is 3.20. The third-order valence-electron chi connectivity index (χ3n) is 11.2. The van der Waals surface area contributed by atoms with Gasteiger partial charge in [-0.25, -0.2) is 0 Å². The van der Waals surface area contributed by atoms with Crippen molar-refractivity contribution in [1.29, 1.82) is 0 Å². The summed E-state index contributed by atoms with van der Waals surface area (Å²) in [5.74, 6) is 0. The number of hydrogen-bond donors (Lipinski definition) is 0. The van der Waals surface area contributed by atoms with Crippen molar-refractivity contribution in [3.63, 3.8) is 0 Å². The third-order valence-corrected chi connectivity index (χ3v) is 11.2. The first-order valence-electron chi connectivity index (χ1n) is 24.1. The van der Waals surface area contributed by atoms with Crippen LogP contribution in [0, 0.1) is 0 Å². The van der Waals surface area contributed by atoms with E-state index in [0.29, 0.717) is 0 Å². The molecule has 2 rings (SSSR count). The van der Waals surface area contributed by atoms with Gasteiger partial charge in [0.1, 0.15) is 0 Å². The Labute approximate surface area is 363 Å². The minimum atomic E-state index is 0. The van der Waals surface area contributed by atoms with Gasteiger partial charge in [-0.3, -0.25) is 0 Å². The molecule has 0 fully saturated rings. The first-order valence-corrected chi connectivity index (χ1v) is 24.1. The van der Waals surface area contributed by atoms with Gasteiger partial charge in [-0.15, -0.1) is 0 Å². The molecule has 0 aliphatic rings. The second-order valence-electron chi connectivity index (χ2n) is 16.4. The molecule has 0 heterocycles. The van der Waals surface area contributed by atoms with Crippen LogP contribution in [0.1, 0.15) is 246 Å². The standard InChI is InChI=1S/C40H82O.C12H10.Na.H/c1-3-5-7-9-11-13-15-17-19-21-23-25-27-29-31-33-35-37-39-41-40-38-36-34-32-30-28-26-24-22-20-18-16-14-12-10-8-6-4-2;1-3-7-11(8-4-1)12-9-5-2-6-10-12;;/h3-40H2,1-2H3;1-10H;;/q;;+1;-1. The largest absolute Gasteiger partial charge is 1.00 e. The fourth-order valence-electron chi connectivity index (χ4n) is 7.57. The average molecular weight is 757 g/mol. The molecule has 0 aliphatic carbocycles. The Balaban J connectivity index is 0. The van der Waals surface area contributed by atoms with Gasteiger partial charge < -0.3 is 6.16 Å². The smallest absolute Gasteiger partial charge is 1.00 e. The molecule has 0 amide bonds. The zero-order valence-electron chi connectivity index (χ0n) is 38.1. The van der Waals surface area contributed by atoms with Gasteiger partial charge in [-0.05, 0) is 24.0 Å². The van der Waals surface area contributed by atoms with E-state index >= 15 is 0 Å². The summed E-state index contributed by atoms with van der Waals surface area (Å²) < 4.78 is 5.89. The second-order valence-corrected chi connectivity index (χ2v) is 16.4. The topological polar surface area (TPSA) is 9.23 Å². The SMILES string of the molecule is CCCCCCCCCCCCCCCCCCCCOCCCCCCCCCCCCCCCCCCCC.[H-].[Na+].c1ccc(-c2ccccc2)cc1. The number of benzene rings is 2. The van der Waals surface area contributed by atoms with Crippen LogP contribution in [0.3, 0.4) is 0 Å². The Kier molecular flexibility index (Phi) is 46.3. The summed E-state index contributed by atoms with van der Waals surface area (Å²) in [5, 5.41) is 0. The maximum Gasteiger partial charge on any atom is 1.00 e. The molecule has 2 aromatic rings. The van der Waals surface area contributed by atoms with Crippen molar-refractivity contribution in [2.45, 2.75) is 245 Å². The van der Waals surface area contributed by atoms with Crippen molar-refractivity contribution >= 4 is 0 Å². The van der Waals surface area contributed by atoms with Crippen LogP contribution < -0.4 is 29.6 Å². The van der Waals surface area contributed by atoms with E-state index in [2.05, 4.69) is 62.4 Å². The summed E-state index contributed by atoms with van der Waals surface area (Å²) in [6, 6.07) is 20.8.